The largest absolute Gasteiger partial charge is 0.0613 e. The fraction of sp³-hybridized carbons (Fsp3) is 0.520. The standard InChI is InChI=1S/C25H36/c1-7-18-13-15-20(9-3)24(22(18)11-5)17-25-21(10-4)16-14-19(8-2)23(25)12-6/h13-16H,7-12,17H2,1-6H3. The van der Waals surface area contributed by atoms with Crippen LogP contribution in [0.3, 0.4) is 0 Å². The Bertz CT molecular complexity index is 645. The highest BCUT2D eigenvalue weighted by Crippen LogP contribution is 2.29. The summed E-state index contributed by atoms with van der Waals surface area (Å²) in [5.41, 5.74) is 12.6. The second-order valence-corrected chi connectivity index (χ2v) is 6.98. The number of hydrogen-bond acceptors (Lipinski definition) is 0. The molecule has 2 aromatic rings. The van der Waals surface area contributed by atoms with Gasteiger partial charge in [-0.3, -0.25) is 0 Å². The van der Waals surface area contributed by atoms with Crippen LogP contribution >= 0.6 is 0 Å². The summed E-state index contributed by atoms with van der Waals surface area (Å²) < 4.78 is 0. The first-order valence-electron chi connectivity index (χ1n) is 10.4. The van der Waals surface area contributed by atoms with Crippen LogP contribution in [0.15, 0.2) is 24.3 Å². The van der Waals surface area contributed by atoms with Crippen molar-refractivity contribution in [3.63, 3.8) is 0 Å². The molecule has 0 spiro atoms. The summed E-state index contributed by atoms with van der Waals surface area (Å²) in [5.74, 6) is 0. The third-order valence-electron chi connectivity index (χ3n) is 5.83. The Balaban J connectivity index is 2.67. The average Bonchev–Trinajstić information content (AvgIpc) is 2.66. The van der Waals surface area contributed by atoms with Crippen molar-refractivity contribution < 1.29 is 0 Å². The zero-order chi connectivity index (χ0) is 18.4. The van der Waals surface area contributed by atoms with E-state index in [0.717, 1.165) is 44.9 Å². The predicted octanol–water partition coefficient (Wildman–Crippen LogP) is 6.65. The highest BCUT2D eigenvalue weighted by Gasteiger charge is 2.16. The van der Waals surface area contributed by atoms with Gasteiger partial charge >= 0.3 is 0 Å². The van der Waals surface area contributed by atoms with E-state index < -0.39 is 0 Å². The summed E-state index contributed by atoms with van der Waals surface area (Å²) >= 11 is 0. The molecule has 0 saturated heterocycles. The minimum absolute atomic E-state index is 1.11. The van der Waals surface area contributed by atoms with Crippen molar-refractivity contribution in [3.8, 4) is 0 Å². The van der Waals surface area contributed by atoms with Crippen LogP contribution in [0.1, 0.15) is 86.1 Å². The van der Waals surface area contributed by atoms with Gasteiger partial charge in [-0.15, -0.1) is 0 Å². The third-order valence-corrected chi connectivity index (χ3v) is 5.83. The smallest absolute Gasteiger partial charge is 0.00147 e. The lowest BCUT2D eigenvalue weighted by Gasteiger charge is -2.22. The van der Waals surface area contributed by atoms with Crippen LogP contribution in [-0.4, -0.2) is 0 Å². The molecule has 0 aliphatic rings. The molecule has 0 aliphatic carbocycles. The van der Waals surface area contributed by atoms with Crippen LogP contribution in [0.25, 0.3) is 0 Å². The molecule has 2 rings (SSSR count). The zero-order valence-corrected chi connectivity index (χ0v) is 17.3. The van der Waals surface area contributed by atoms with Crippen LogP contribution in [0.2, 0.25) is 0 Å². The summed E-state index contributed by atoms with van der Waals surface area (Å²) in [7, 11) is 0. The van der Waals surface area contributed by atoms with E-state index in [1.165, 1.54) is 11.1 Å². The van der Waals surface area contributed by atoms with E-state index in [4.69, 9.17) is 0 Å². The molecule has 2 aromatic carbocycles. The zero-order valence-electron chi connectivity index (χ0n) is 17.3. The lowest BCUT2D eigenvalue weighted by Crippen LogP contribution is -2.09. The van der Waals surface area contributed by atoms with E-state index in [1.807, 2.05) is 0 Å². The summed E-state index contributed by atoms with van der Waals surface area (Å²) in [6.45, 7) is 13.8. The molecule has 0 fully saturated rings. The van der Waals surface area contributed by atoms with Crippen molar-refractivity contribution in [3.05, 3.63) is 68.8 Å². The molecular formula is C25H36. The Morgan fingerprint density at radius 2 is 0.680 bits per heavy atom. The summed E-state index contributed by atoms with van der Waals surface area (Å²) in [6, 6.07) is 9.50. The van der Waals surface area contributed by atoms with Crippen molar-refractivity contribution in [2.24, 2.45) is 0 Å². The van der Waals surface area contributed by atoms with Crippen molar-refractivity contribution >= 4 is 0 Å². The number of aryl methyl sites for hydroxylation is 4. The second-order valence-electron chi connectivity index (χ2n) is 6.98. The molecular weight excluding hydrogens is 300 g/mol. The van der Waals surface area contributed by atoms with Crippen molar-refractivity contribution in [1.29, 1.82) is 0 Å². The first-order valence-corrected chi connectivity index (χ1v) is 10.4. The molecule has 0 heteroatoms. The number of rotatable bonds is 8. The first kappa shape index (κ1) is 19.8. The van der Waals surface area contributed by atoms with Gasteiger partial charge in [0.25, 0.3) is 0 Å². The summed E-state index contributed by atoms with van der Waals surface area (Å²) in [6.07, 6.45) is 7.92. The molecule has 0 saturated carbocycles. The third kappa shape index (κ3) is 4.00. The Morgan fingerprint density at radius 1 is 0.400 bits per heavy atom. The van der Waals surface area contributed by atoms with Gasteiger partial charge < -0.3 is 0 Å². The van der Waals surface area contributed by atoms with Gasteiger partial charge in [-0.1, -0.05) is 65.8 Å². The molecule has 0 nitrogen and oxygen atoms in total. The molecule has 0 bridgehead atoms. The molecule has 0 amide bonds. The van der Waals surface area contributed by atoms with Gasteiger partial charge in [0.1, 0.15) is 0 Å². The maximum absolute atomic E-state index is 2.38. The highest BCUT2D eigenvalue weighted by atomic mass is 14.2. The minimum atomic E-state index is 1.11. The molecule has 25 heavy (non-hydrogen) atoms. The molecule has 0 N–H and O–H groups in total. The van der Waals surface area contributed by atoms with Gasteiger partial charge in [0, 0.05) is 0 Å². The molecule has 0 unspecified atom stereocenters. The number of benzene rings is 2. The molecule has 0 radical (unpaired) electrons. The average molecular weight is 337 g/mol. The maximum Gasteiger partial charge on any atom is -0.00147 e. The van der Waals surface area contributed by atoms with E-state index in [9.17, 15) is 0 Å². The van der Waals surface area contributed by atoms with Crippen molar-refractivity contribution in [2.75, 3.05) is 0 Å². The second kappa shape index (κ2) is 9.22. The van der Waals surface area contributed by atoms with Crippen LogP contribution in [0, 0.1) is 0 Å². The fourth-order valence-corrected chi connectivity index (χ4v) is 4.40. The summed E-state index contributed by atoms with van der Waals surface area (Å²) in [4.78, 5) is 0. The van der Waals surface area contributed by atoms with Gasteiger partial charge in [-0.05, 0) is 89.5 Å². The predicted molar refractivity (Wildman–Crippen MR) is 112 cm³/mol. The molecule has 0 aromatic heterocycles. The van der Waals surface area contributed by atoms with Crippen molar-refractivity contribution in [1.82, 2.24) is 0 Å². The van der Waals surface area contributed by atoms with E-state index in [1.54, 1.807) is 33.4 Å². The van der Waals surface area contributed by atoms with Crippen LogP contribution in [0.5, 0.6) is 0 Å². The quantitative estimate of drug-likeness (QED) is 0.506. The van der Waals surface area contributed by atoms with Crippen molar-refractivity contribution in [2.45, 2.75) is 86.5 Å². The monoisotopic (exact) mass is 336 g/mol. The normalized spacial score (nSPS) is 11.1. The Hall–Kier alpha value is -1.56. The van der Waals surface area contributed by atoms with Gasteiger partial charge in [0.15, 0.2) is 0 Å². The highest BCUT2D eigenvalue weighted by molar-refractivity contribution is 5.49. The SMILES string of the molecule is CCc1ccc(CC)c(Cc2c(CC)ccc(CC)c2CC)c1CC. The lowest BCUT2D eigenvalue weighted by molar-refractivity contribution is 0.919. The van der Waals surface area contributed by atoms with Crippen LogP contribution in [-0.2, 0) is 44.9 Å². The Morgan fingerprint density at radius 3 is 0.920 bits per heavy atom. The summed E-state index contributed by atoms with van der Waals surface area (Å²) in [5, 5.41) is 0. The van der Waals surface area contributed by atoms with E-state index >= 15 is 0 Å². The first-order chi connectivity index (χ1) is 12.1. The van der Waals surface area contributed by atoms with Gasteiger partial charge in [0.05, 0.1) is 0 Å². The molecule has 0 atom stereocenters. The molecule has 136 valence electrons. The van der Waals surface area contributed by atoms with E-state index in [-0.39, 0.29) is 0 Å². The van der Waals surface area contributed by atoms with E-state index in [2.05, 4.69) is 65.8 Å². The van der Waals surface area contributed by atoms with Crippen LogP contribution in [0.4, 0.5) is 0 Å². The van der Waals surface area contributed by atoms with Gasteiger partial charge in [0.2, 0.25) is 0 Å². The van der Waals surface area contributed by atoms with Gasteiger partial charge in [-0.25, -0.2) is 0 Å². The maximum atomic E-state index is 2.38. The topological polar surface area (TPSA) is 0 Å². The van der Waals surface area contributed by atoms with Gasteiger partial charge in [-0.2, -0.15) is 0 Å². The Labute approximate surface area is 155 Å². The lowest BCUT2D eigenvalue weighted by atomic mass is 9.83. The minimum Gasteiger partial charge on any atom is -0.0613 e. The van der Waals surface area contributed by atoms with E-state index in [0.29, 0.717) is 0 Å². The molecule has 0 aliphatic heterocycles. The fourth-order valence-electron chi connectivity index (χ4n) is 4.40. The Kier molecular flexibility index (Phi) is 7.29. The van der Waals surface area contributed by atoms with Crippen LogP contribution < -0.4 is 0 Å². The number of hydrogen-bond donors (Lipinski definition) is 0. The molecule has 0 heterocycles.